The minimum Gasteiger partial charge on any atom is -0.354 e. The van der Waals surface area contributed by atoms with E-state index < -0.39 is 0 Å². The Labute approximate surface area is 128 Å². The summed E-state index contributed by atoms with van der Waals surface area (Å²) in [5.41, 5.74) is 6.88. The third-order valence-electron chi connectivity index (χ3n) is 5.38. The van der Waals surface area contributed by atoms with Crippen molar-refractivity contribution >= 4 is 5.82 Å². The molecule has 1 saturated carbocycles. The number of nitrogens with two attached hydrogens (primary N) is 1. The van der Waals surface area contributed by atoms with Crippen LogP contribution >= 0.6 is 0 Å². The molecule has 0 amide bonds. The fraction of sp³-hybridized carbons (Fsp3) is 0.706. The zero-order valence-corrected chi connectivity index (χ0v) is 13.4. The number of rotatable bonds is 3. The van der Waals surface area contributed by atoms with Crippen LogP contribution in [0.1, 0.15) is 33.1 Å². The van der Waals surface area contributed by atoms with Gasteiger partial charge in [0.2, 0.25) is 0 Å². The maximum Gasteiger partial charge on any atom is 0.128 e. The summed E-state index contributed by atoms with van der Waals surface area (Å²) in [6.45, 7) is 9.87. The smallest absolute Gasteiger partial charge is 0.128 e. The van der Waals surface area contributed by atoms with Crippen molar-refractivity contribution in [3.63, 3.8) is 0 Å². The van der Waals surface area contributed by atoms with E-state index in [0.717, 1.165) is 38.5 Å². The van der Waals surface area contributed by atoms with E-state index in [1.807, 2.05) is 12.3 Å². The molecule has 2 N–H and O–H groups in total. The SMILES string of the molecule is CC1(C)CCC(CN)(N2CCN(c3ccccn3)CC2)C1. The van der Waals surface area contributed by atoms with Crippen LogP contribution in [-0.2, 0) is 0 Å². The minimum atomic E-state index is 0.236. The van der Waals surface area contributed by atoms with Crippen molar-refractivity contribution in [2.45, 2.75) is 38.6 Å². The Hall–Kier alpha value is -1.13. The van der Waals surface area contributed by atoms with Gasteiger partial charge in [0.15, 0.2) is 0 Å². The van der Waals surface area contributed by atoms with Crippen LogP contribution in [0.25, 0.3) is 0 Å². The molecule has 0 bridgehead atoms. The molecular formula is C17H28N4. The molecule has 0 aromatic carbocycles. The van der Waals surface area contributed by atoms with Crippen LogP contribution in [0.5, 0.6) is 0 Å². The summed E-state index contributed by atoms with van der Waals surface area (Å²) in [5, 5.41) is 0. The number of hydrogen-bond acceptors (Lipinski definition) is 4. The van der Waals surface area contributed by atoms with Gasteiger partial charge in [-0.3, -0.25) is 4.90 Å². The average molecular weight is 288 g/mol. The van der Waals surface area contributed by atoms with Gasteiger partial charge in [0, 0.05) is 44.5 Å². The lowest BCUT2D eigenvalue weighted by Gasteiger charge is -2.46. The summed E-state index contributed by atoms with van der Waals surface area (Å²) in [5.74, 6) is 1.10. The Morgan fingerprint density at radius 2 is 1.90 bits per heavy atom. The van der Waals surface area contributed by atoms with E-state index in [4.69, 9.17) is 5.73 Å². The van der Waals surface area contributed by atoms with E-state index in [-0.39, 0.29) is 5.54 Å². The molecule has 0 spiro atoms. The number of piperazine rings is 1. The Balaban J connectivity index is 1.65. The summed E-state index contributed by atoms with van der Waals surface area (Å²) >= 11 is 0. The molecule has 1 aliphatic heterocycles. The summed E-state index contributed by atoms with van der Waals surface area (Å²) in [6.07, 6.45) is 5.66. The number of aromatic nitrogens is 1. The van der Waals surface area contributed by atoms with Crippen LogP contribution in [0.2, 0.25) is 0 Å². The van der Waals surface area contributed by atoms with Crippen molar-refractivity contribution in [3.05, 3.63) is 24.4 Å². The fourth-order valence-corrected chi connectivity index (χ4v) is 4.16. The van der Waals surface area contributed by atoms with Gasteiger partial charge in [-0.2, -0.15) is 0 Å². The highest BCUT2D eigenvalue weighted by Crippen LogP contribution is 2.46. The van der Waals surface area contributed by atoms with E-state index in [0.29, 0.717) is 5.41 Å². The highest BCUT2D eigenvalue weighted by atomic mass is 15.3. The number of pyridine rings is 1. The van der Waals surface area contributed by atoms with Crippen molar-refractivity contribution in [2.24, 2.45) is 11.1 Å². The molecule has 1 unspecified atom stereocenters. The van der Waals surface area contributed by atoms with Crippen LogP contribution in [-0.4, -0.2) is 48.1 Å². The van der Waals surface area contributed by atoms with Gasteiger partial charge in [-0.1, -0.05) is 19.9 Å². The molecule has 1 aromatic rings. The molecule has 3 rings (SSSR count). The third-order valence-corrected chi connectivity index (χ3v) is 5.38. The van der Waals surface area contributed by atoms with Crippen LogP contribution in [0.15, 0.2) is 24.4 Å². The van der Waals surface area contributed by atoms with Crippen molar-refractivity contribution in [2.75, 3.05) is 37.6 Å². The Morgan fingerprint density at radius 1 is 1.14 bits per heavy atom. The van der Waals surface area contributed by atoms with Gasteiger partial charge in [0.25, 0.3) is 0 Å². The van der Waals surface area contributed by atoms with Gasteiger partial charge >= 0.3 is 0 Å². The molecule has 0 radical (unpaired) electrons. The first-order valence-corrected chi connectivity index (χ1v) is 8.16. The van der Waals surface area contributed by atoms with Gasteiger partial charge in [-0.25, -0.2) is 4.98 Å². The zero-order chi connectivity index (χ0) is 14.9. The molecule has 4 heteroatoms. The van der Waals surface area contributed by atoms with Crippen LogP contribution in [0, 0.1) is 5.41 Å². The number of anilines is 1. The lowest BCUT2D eigenvalue weighted by atomic mass is 9.86. The van der Waals surface area contributed by atoms with Gasteiger partial charge in [-0.05, 0) is 36.8 Å². The van der Waals surface area contributed by atoms with Crippen molar-refractivity contribution < 1.29 is 0 Å². The molecule has 2 fully saturated rings. The fourth-order valence-electron chi connectivity index (χ4n) is 4.16. The van der Waals surface area contributed by atoms with E-state index in [1.54, 1.807) is 0 Å². The van der Waals surface area contributed by atoms with Gasteiger partial charge in [-0.15, -0.1) is 0 Å². The van der Waals surface area contributed by atoms with E-state index in [1.165, 1.54) is 19.3 Å². The largest absolute Gasteiger partial charge is 0.354 e. The van der Waals surface area contributed by atoms with Gasteiger partial charge < -0.3 is 10.6 Å². The van der Waals surface area contributed by atoms with Crippen molar-refractivity contribution in [1.82, 2.24) is 9.88 Å². The second-order valence-corrected chi connectivity index (χ2v) is 7.43. The number of nitrogens with zero attached hydrogens (tertiary/aromatic N) is 3. The summed E-state index contributed by atoms with van der Waals surface area (Å²) < 4.78 is 0. The summed E-state index contributed by atoms with van der Waals surface area (Å²) in [6, 6.07) is 6.15. The molecule has 2 heterocycles. The first-order chi connectivity index (χ1) is 10.0. The molecule has 1 saturated heterocycles. The van der Waals surface area contributed by atoms with Crippen molar-refractivity contribution in [3.8, 4) is 0 Å². The molecule has 1 aliphatic carbocycles. The Morgan fingerprint density at radius 3 is 2.43 bits per heavy atom. The summed E-state index contributed by atoms with van der Waals surface area (Å²) in [4.78, 5) is 9.51. The molecule has 21 heavy (non-hydrogen) atoms. The highest BCUT2D eigenvalue weighted by molar-refractivity contribution is 5.38. The normalized spacial score (nSPS) is 29.8. The Bertz CT molecular complexity index is 465. The highest BCUT2D eigenvalue weighted by Gasteiger charge is 2.46. The maximum absolute atomic E-state index is 6.20. The van der Waals surface area contributed by atoms with Gasteiger partial charge in [0.05, 0.1) is 0 Å². The lowest BCUT2D eigenvalue weighted by molar-refractivity contribution is 0.0821. The van der Waals surface area contributed by atoms with Crippen molar-refractivity contribution in [1.29, 1.82) is 0 Å². The third kappa shape index (κ3) is 2.92. The quantitative estimate of drug-likeness (QED) is 0.925. The monoisotopic (exact) mass is 288 g/mol. The van der Waals surface area contributed by atoms with Gasteiger partial charge in [0.1, 0.15) is 5.82 Å². The predicted octanol–water partition coefficient (Wildman–Crippen LogP) is 2.11. The lowest BCUT2D eigenvalue weighted by Crippen LogP contribution is -2.59. The first kappa shape index (κ1) is 14.8. The van der Waals surface area contributed by atoms with E-state index in [2.05, 4.69) is 40.8 Å². The molecule has 1 aromatic heterocycles. The standard InChI is InChI=1S/C17H28N4/c1-16(2)6-7-17(13-16,14-18)21-11-9-20(10-12-21)15-5-3-4-8-19-15/h3-5,8H,6-7,9-14,18H2,1-2H3. The predicted molar refractivity (Wildman–Crippen MR) is 87.4 cm³/mol. The first-order valence-electron chi connectivity index (χ1n) is 8.16. The summed E-state index contributed by atoms with van der Waals surface area (Å²) in [7, 11) is 0. The minimum absolute atomic E-state index is 0.236. The molecular weight excluding hydrogens is 260 g/mol. The second kappa shape index (κ2) is 5.58. The van der Waals surface area contributed by atoms with Crippen LogP contribution in [0.4, 0.5) is 5.82 Å². The van der Waals surface area contributed by atoms with Crippen LogP contribution in [0.3, 0.4) is 0 Å². The maximum atomic E-state index is 6.20. The second-order valence-electron chi connectivity index (χ2n) is 7.43. The van der Waals surface area contributed by atoms with Crippen LogP contribution < -0.4 is 10.6 Å². The molecule has 2 aliphatic rings. The number of hydrogen-bond donors (Lipinski definition) is 1. The topological polar surface area (TPSA) is 45.4 Å². The molecule has 116 valence electrons. The van der Waals surface area contributed by atoms with E-state index >= 15 is 0 Å². The Kier molecular flexibility index (Phi) is 3.93. The molecule has 4 nitrogen and oxygen atoms in total. The zero-order valence-electron chi connectivity index (χ0n) is 13.4. The molecule has 1 atom stereocenters. The average Bonchev–Trinajstić information content (AvgIpc) is 2.85. The van der Waals surface area contributed by atoms with E-state index in [9.17, 15) is 0 Å².